The van der Waals surface area contributed by atoms with Gasteiger partial charge in [0.2, 0.25) is 0 Å². The molecule has 0 rings (SSSR count). The molecule has 1 unspecified atom stereocenters. The first-order valence-corrected chi connectivity index (χ1v) is 4.06. The van der Waals surface area contributed by atoms with Gasteiger partial charge in [0.1, 0.15) is 0 Å². The molecule has 0 aliphatic carbocycles. The fourth-order valence-electron chi connectivity index (χ4n) is 1.10. The molecule has 0 aromatic carbocycles. The van der Waals surface area contributed by atoms with Gasteiger partial charge < -0.3 is 5.11 Å². The molecule has 0 saturated heterocycles. The summed E-state index contributed by atoms with van der Waals surface area (Å²) in [6.07, 6.45) is 6.33. The third kappa shape index (κ3) is 4.57. The van der Waals surface area contributed by atoms with Crippen LogP contribution in [-0.2, 0) is 0 Å². The van der Waals surface area contributed by atoms with Crippen LogP contribution in [0.25, 0.3) is 0 Å². The standard InChI is InChI=1S/C9H18O/c1-3-6-9(4-2)7-5-8-10/h3,9-10H,1,4-8H2,2H3. The minimum Gasteiger partial charge on any atom is -0.396 e. The summed E-state index contributed by atoms with van der Waals surface area (Å²) in [6.45, 7) is 6.21. The predicted octanol–water partition coefficient (Wildman–Crippen LogP) is 2.36. The highest BCUT2D eigenvalue weighted by atomic mass is 16.2. The third-order valence-corrected chi connectivity index (χ3v) is 1.85. The van der Waals surface area contributed by atoms with Gasteiger partial charge in [-0.25, -0.2) is 0 Å². The van der Waals surface area contributed by atoms with Crippen LogP contribution in [0.15, 0.2) is 12.7 Å². The Bertz CT molecular complexity index is 78.8. The summed E-state index contributed by atoms with van der Waals surface area (Å²) in [5.41, 5.74) is 0. The molecule has 1 nitrogen and oxygen atoms in total. The van der Waals surface area contributed by atoms with E-state index < -0.39 is 0 Å². The van der Waals surface area contributed by atoms with Gasteiger partial charge in [-0.05, 0) is 25.2 Å². The summed E-state index contributed by atoms with van der Waals surface area (Å²) in [5.74, 6) is 0.740. The van der Waals surface area contributed by atoms with E-state index in [1.165, 1.54) is 6.42 Å². The smallest absolute Gasteiger partial charge is 0.0431 e. The van der Waals surface area contributed by atoms with Gasteiger partial charge >= 0.3 is 0 Å². The molecule has 0 aromatic heterocycles. The van der Waals surface area contributed by atoms with Gasteiger partial charge in [0.15, 0.2) is 0 Å². The first-order chi connectivity index (χ1) is 4.85. The Morgan fingerprint density at radius 2 is 2.30 bits per heavy atom. The van der Waals surface area contributed by atoms with Gasteiger partial charge in [-0.1, -0.05) is 19.4 Å². The normalized spacial score (nSPS) is 13.0. The van der Waals surface area contributed by atoms with Gasteiger partial charge in [-0.15, -0.1) is 6.58 Å². The van der Waals surface area contributed by atoms with Crippen LogP contribution in [0.2, 0.25) is 0 Å². The lowest BCUT2D eigenvalue weighted by molar-refractivity contribution is 0.270. The first kappa shape index (κ1) is 9.70. The van der Waals surface area contributed by atoms with Crippen molar-refractivity contribution in [3.63, 3.8) is 0 Å². The molecule has 0 heterocycles. The van der Waals surface area contributed by atoms with Crippen LogP contribution in [-0.4, -0.2) is 11.7 Å². The Balaban J connectivity index is 3.29. The van der Waals surface area contributed by atoms with Crippen molar-refractivity contribution in [2.75, 3.05) is 6.61 Å². The first-order valence-electron chi connectivity index (χ1n) is 4.06. The van der Waals surface area contributed by atoms with Crippen molar-refractivity contribution >= 4 is 0 Å². The van der Waals surface area contributed by atoms with Crippen molar-refractivity contribution in [1.82, 2.24) is 0 Å². The second-order valence-corrected chi connectivity index (χ2v) is 2.66. The lowest BCUT2D eigenvalue weighted by Gasteiger charge is -2.10. The molecule has 0 saturated carbocycles. The Labute approximate surface area is 63.8 Å². The lowest BCUT2D eigenvalue weighted by Crippen LogP contribution is -1.98. The minimum atomic E-state index is 0.327. The molecule has 0 spiro atoms. The summed E-state index contributed by atoms with van der Waals surface area (Å²) in [4.78, 5) is 0. The summed E-state index contributed by atoms with van der Waals surface area (Å²) < 4.78 is 0. The van der Waals surface area contributed by atoms with Crippen LogP contribution in [0.1, 0.15) is 32.6 Å². The number of aliphatic hydroxyl groups excluding tert-OH is 1. The minimum absolute atomic E-state index is 0.327. The summed E-state index contributed by atoms with van der Waals surface area (Å²) >= 11 is 0. The molecule has 0 fully saturated rings. The molecule has 0 bridgehead atoms. The molecular formula is C9H18O. The highest BCUT2D eigenvalue weighted by Gasteiger charge is 2.01. The molecule has 10 heavy (non-hydrogen) atoms. The third-order valence-electron chi connectivity index (χ3n) is 1.85. The van der Waals surface area contributed by atoms with Crippen molar-refractivity contribution in [1.29, 1.82) is 0 Å². The number of rotatable bonds is 6. The predicted molar refractivity (Wildman–Crippen MR) is 44.9 cm³/mol. The quantitative estimate of drug-likeness (QED) is 0.564. The zero-order chi connectivity index (χ0) is 7.82. The Kier molecular flexibility index (Phi) is 6.61. The highest BCUT2D eigenvalue weighted by Crippen LogP contribution is 2.14. The van der Waals surface area contributed by atoms with E-state index in [2.05, 4.69) is 13.5 Å². The second kappa shape index (κ2) is 6.81. The Morgan fingerprint density at radius 1 is 1.60 bits per heavy atom. The topological polar surface area (TPSA) is 20.2 Å². The van der Waals surface area contributed by atoms with Crippen LogP contribution >= 0.6 is 0 Å². The van der Waals surface area contributed by atoms with Crippen LogP contribution < -0.4 is 0 Å². The molecular weight excluding hydrogens is 124 g/mol. The number of hydrogen-bond donors (Lipinski definition) is 1. The molecule has 1 N–H and O–H groups in total. The van der Waals surface area contributed by atoms with Crippen LogP contribution in [0.4, 0.5) is 0 Å². The van der Waals surface area contributed by atoms with Gasteiger partial charge in [0, 0.05) is 6.61 Å². The van der Waals surface area contributed by atoms with Crippen molar-refractivity contribution in [3.8, 4) is 0 Å². The van der Waals surface area contributed by atoms with E-state index in [-0.39, 0.29) is 0 Å². The molecule has 60 valence electrons. The van der Waals surface area contributed by atoms with Crippen molar-refractivity contribution in [3.05, 3.63) is 12.7 Å². The molecule has 1 heteroatoms. The maximum Gasteiger partial charge on any atom is 0.0431 e. The fraction of sp³-hybridized carbons (Fsp3) is 0.778. The van der Waals surface area contributed by atoms with Crippen LogP contribution in [0.3, 0.4) is 0 Å². The van der Waals surface area contributed by atoms with E-state index in [1.807, 2.05) is 6.08 Å². The number of aliphatic hydroxyl groups is 1. The summed E-state index contributed by atoms with van der Waals surface area (Å²) in [7, 11) is 0. The van der Waals surface area contributed by atoms with Gasteiger partial charge in [0.25, 0.3) is 0 Å². The van der Waals surface area contributed by atoms with E-state index >= 15 is 0 Å². The average molecular weight is 142 g/mol. The fourth-order valence-corrected chi connectivity index (χ4v) is 1.10. The molecule has 1 atom stereocenters. The number of hydrogen-bond acceptors (Lipinski definition) is 1. The molecule has 0 radical (unpaired) electrons. The zero-order valence-corrected chi connectivity index (χ0v) is 6.84. The zero-order valence-electron chi connectivity index (χ0n) is 6.84. The SMILES string of the molecule is C=CCC(CC)CCCO. The monoisotopic (exact) mass is 142 g/mol. The molecule has 0 aliphatic heterocycles. The average Bonchev–Trinajstić information content (AvgIpc) is 1.98. The van der Waals surface area contributed by atoms with Crippen LogP contribution in [0, 0.1) is 5.92 Å². The van der Waals surface area contributed by atoms with Crippen molar-refractivity contribution in [2.45, 2.75) is 32.6 Å². The molecule has 0 aliphatic rings. The van der Waals surface area contributed by atoms with E-state index in [4.69, 9.17) is 5.11 Å². The lowest BCUT2D eigenvalue weighted by atomic mass is 9.97. The van der Waals surface area contributed by atoms with Gasteiger partial charge in [0.05, 0.1) is 0 Å². The van der Waals surface area contributed by atoms with Gasteiger partial charge in [-0.3, -0.25) is 0 Å². The summed E-state index contributed by atoms with van der Waals surface area (Å²) in [6, 6.07) is 0. The van der Waals surface area contributed by atoms with Gasteiger partial charge in [-0.2, -0.15) is 0 Å². The van der Waals surface area contributed by atoms with E-state index in [0.29, 0.717) is 6.61 Å². The second-order valence-electron chi connectivity index (χ2n) is 2.66. The largest absolute Gasteiger partial charge is 0.396 e. The van der Waals surface area contributed by atoms with E-state index in [0.717, 1.165) is 25.2 Å². The van der Waals surface area contributed by atoms with E-state index in [1.54, 1.807) is 0 Å². The van der Waals surface area contributed by atoms with E-state index in [9.17, 15) is 0 Å². The maximum atomic E-state index is 8.55. The molecule has 0 aromatic rings. The Morgan fingerprint density at radius 3 is 2.70 bits per heavy atom. The van der Waals surface area contributed by atoms with Crippen molar-refractivity contribution < 1.29 is 5.11 Å². The Hall–Kier alpha value is -0.300. The maximum absolute atomic E-state index is 8.55. The summed E-state index contributed by atoms with van der Waals surface area (Å²) in [5, 5.41) is 8.55. The van der Waals surface area contributed by atoms with Crippen LogP contribution in [0.5, 0.6) is 0 Å². The number of allylic oxidation sites excluding steroid dienone is 1. The highest BCUT2D eigenvalue weighted by molar-refractivity contribution is 4.72. The van der Waals surface area contributed by atoms with Crippen molar-refractivity contribution in [2.24, 2.45) is 5.92 Å². The molecule has 0 amide bonds.